The summed E-state index contributed by atoms with van der Waals surface area (Å²) in [6, 6.07) is 0. The van der Waals surface area contributed by atoms with Crippen molar-refractivity contribution in [2.45, 2.75) is 258 Å². The van der Waals surface area contributed by atoms with Gasteiger partial charge in [-0.25, -0.2) is 0 Å². The molecule has 0 aromatic heterocycles. The lowest BCUT2D eigenvalue weighted by Crippen LogP contribution is -2.30. The second kappa shape index (κ2) is 49.8. The first kappa shape index (κ1) is 58.1. The molecule has 1 unspecified atom stereocenters. The molecule has 0 aromatic rings. The van der Waals surface area contributed by atoms with Crippen molar-refractivity contribution in [2.75, 3.05) is 13.2 Å². The molecule has 0 spiro atoms. The Balaban J connectivity index is 4.40. The van der Waals surface area contributed by atoms with E-state index in [0.717, 1.165) is 96.3 Å². The van der Waals surface area contributed by atoms with Gasteiger partial charge in [-0.2, -0.15) is 0 Å². The van der Waals surface area contributed by atoms with Gasteiger partial charge >= 0.3 is 17.9 Å². The van der Waals surface area contributed by atoms with Crippen LogP contribution >= 0.6 is 0 Å². The number of carbonyl (C=O) groups excluding carboxylic acids is 3. The Morgan fingerprint density at radius 3 is 1.11 bits per heavy atom. The Hall–Kier alpha value is -2.89. The molecule has 0 N–H and O–H groups in total. The highest BCUT2D eigenvalue weighted by Gasteiger charge is 2.19. The zero-order chi connectivity index (χ0) is 44.4. The normalized spacial score (nSPS) is 12.5. The summed E-state index contributed by atoms with van der Waals surface area (Å²) in [6.07, 6.45) is 60.6. The fourth-order valence-corrected chi connectivity index (χ4v) is 7.19. The maximum atomic E-state index is 12.8. The van der Waals surface area contributed by atoms with Crippen LogP contribution < -0.4 is 0 Å². The molecule has 0 aliphatic heterocycles. The van der Waals surface area contributed by atoms with Crippen LogP contribution in [0.1, 0.15) is 252 Å². The Morgan fingerprint density at radius 1 is 0.361 bits per heavy atom. The SMILES string of the molecule is CC/C=C\C/C=C\CCCCCCCCCC(=O)OC(COC(=O)CCCCCCC\C=C/C=C\C=C/CCCCCCC)COC(=O)CCCCCCCCCCCCC. The highest BCUT2D eigenvalue weighted by molar-refractivity contribution is 5.71. The lowest BCUT2D eigenvalue weighted by molar-refractivity contribution is -0.167. The summed E-state index contributed by atoms with van der Waals surface area (Å²) in [5.41, 5.74) is 0. The largest absolute Gasteiger partial charge is 0.462 e. The zero-order valence-electron chi connectivity index (χ0n) is 40.2. The van der Waals surface area contributed by atoms with Gasteiger partial charge in [-0.15, -0.1) is 0 Å². The highest BCUT2D eigenvalue weighted by Crippen LogP contribution is 2.15. The van der Waals surface area contributed by atoms with Crippen molar-refractivity contribution in [1.82, 2.24) is 0 Å². The molecule has 61 heavy (non-hydrogen) atoms. The van der Waals surface area contributed by atoms with Crippen LogP contribution in [0.5, 0.6) is 0 Å². The maximum Gasteiger partial charge on any atom is 0.306 e. The predicted octanol–water partition coefficient (Wildman–Crippen LogP) is 16.9. The van der Waals surface area contributed by atoms with Gasteiger partial charge in [-0.1, -0.05) is 223 Å². The van der Waals surface area contributed by atoms with Crippen molar-refractivity contribution in [3.05, 3.63) is 60.8 Å². The van der Waals surface area contributed by atoms with Crippen molar-refractivity contribution in [2.24, 2.45) is 0 Å². The molecular weight excluding hydrogens is 757 g/mol. The molecular formula is C55H96O6. The molecule has 0 radical (unpaired) electrons. The van der Waals surface area contributed by atoms with Crippen LogP contribution in [0.3, 0.4) is 0 Å². The van der Waals surface area contributed by atoms with Gasteiger partial charge in [0, 0.05) is 19.3 Å². The van der Waals surface area contributed by atoms with Gasteiger partial charge < -0.3 is 14.2 Å². The summed E-state index contributed by atoms with van der Waals surface area (Å²) < 4.78 is 16.8. The average molecular weight is 853 g/mol. The van der Waals surface area contributed by atoms with E-state index in [1.165, 1.54) is 116 Å². The Morgan fingerprint density at radius 2 is 0.705 bits per heavy atom. The number of carbonyl (C=O) groups is 3. The first-order chi connectivity index (χ1) is 30.0. The Labute approximate surface area is 377 Å². The number of rotatable bonds is 46. The number of hydrogen-bond donors (Lipinski definition) is 0. The van der Waals surface area contributed by atoms with Crippen molar-refractivity contribution < 1.29 is 28.6 Å². The van der Waals surface area contributed by atoms with Crippen LogP contribution in [0, 0.1) is 0 Å². The minimum Gasteiger partial charge on any atom is -0.462 e. The van der Waals surface area contributed by atoms with Crippen LogP contribution in [0.25, 0.3) is 0 Å². The summed E-state index contributed by atoms with van der Waals surface area (Å²) in [7, 11) is 0. The molecule has 0 rings (SSSR count). The molecule has 0 aromatic carbocycles. The van der Waals surface area contributed by atoms with Crippen molar-refractivity contribution >= 4 is 17.9 Å². The second-order valence-corrected chi connectivity index (χ2v) is 17.1. The van der Waals surface area contributed by atoms with Crippen LogP contribution in [0.15, 0.2) is 60.8 Å². The number of esters is 3. The van der Waals surface area contributed by atoms with Gasteiger partial charge in [-0.3, -0.25) is 14.4 Å². The molecule has 0 aliphatic carbocycles. The molecule has 6 nitrogen and oxygen atoms in total. The number of hydrogen-bond acceptors (Lipinski definition) is 6. The lowest BCUT2D eigenvalue weighted by atomic mass is 10.1. The lowest BCUT2D eigenvalue weighted by Gasteiger charge is -2.18. The summed E-state index contributed by atoms with van der Waals surface area (Å²) in [5.74, 6) is -0.908. The maximum absolute atomic E-state index is 12.8. The zero-order valence-corrected chi connectivity index (χ0v) is 40.2. The quantitative estimate of drug-likeness (QED) is 0.0200. The molecule has 1 atom stereocenters. The monoisotopic (exact) mass is 853 g/mol. The molecule has 0 saturated carbocycles. The summed E-state index contributed by atoms with van der Waals surface area (Å²) in [4.78, 5) is 37.9. The van der Waals surface area contributed by atoms with Crippen molar-refractivity contribution in [1.29, 1.82) is 0 Å². The predicted molar refractivity (Wildman–Crippen MR) is 261 cm³/mol. The third-order valence-electron chi connectivity index (χ3n) is 11.1. The summed E-state index contributed by atoms with van der Waals surface area (Å²) >= 11 is 0. The van der Waals surface area contributed by atoms with Crippen LogP contribution in [-0.4, -0.2) is 37.2 Å². The van der Waals surface area contributed by atoms with E-state index in [9.17, 15) is 14.4 Å². The molecule has 0 bridgehead atoms. The van der Waals surface area contributed by atoms with Gasteiger partial charge in [0.2, 0.25) is 0 Å². The molecule has 0 fully saturated rings. The summed E-state index contributed by atoms with van der Waals surface area (Å²) in [5, 5.41) is 0. The van der Waals surface area contributed by atoms with Gasteiger partial charge in [0.05, 0.1) is 0 Å². The number of unbranched alkanes of at least 4 members (excludes halogenated alkanes) is 27. The number of allylic oxidation sites excluding steroid dienone is 10. The standard InChI is InChI=1S/C55H96O6/c1-4-7-10-13-16-19-22-24-26-27-28-29-31-33-36-39-42-45-48-54(57)60-51-52(50-59-53(56)47-44-41-38-35-32-21-18-15-12-9-6-3)61-55(58)49-46-43-40-37-34-30-25-23-20-17-14-11-8-5-2/h8,11,17,20,22,24,26-29,52H,4-7,9-10,12-16,18-19,21,23,25,30-51H2,1-3H3/b11-8-,20-17-,24-22-,27-26-,29-28-. The second-order valence-electron chi connectivity index (χ2n) is 17.1. The van der Waals surface area contributed by atoms with Gasteiger partial charge in [-0.05, 0) is 70.6 Å². The van der Waals surface area contributed by atoms with E-state index in [1.807, 2.05) is 0 Å². The molecule has 0 saturated heterocycles. The topological polar surface area (TPSA) is 78.9 Å². The van der Waals surface area contributed by atoms with E-state index in [0.29, 0.717) is 19.3 Å². The van der Waals surface area contributed by atoms with Crippen molar-refractivity contribution in [3.8, 4) is 0 Å². The average Bonchev–Trinajstić information content (AvgIpc) is 3.26. The molecule has 0 amide bonds. The van der Waals surface area contributed by atoms with E-state index in [-0.39, 0.29) is 31.1 Å². The third-order valence-corrected chi connectivity index (χ3v) is 11.1. The van der Waals surface area contributed by atoms with Gasteiger partial charge in [0.15, 0.2) is 6.10 Å². The van der Waals surface area contributed by atoms with Crippen LogP contribution in [0.2, 0.25) is 0 Å². The smallest absolute Gasteiger partial charge is 0.306 e. The molecule has 6 heteroatoms. The Bertz CT molecular complexity index is 1120. The van der Waals surface area contributed by atoms with Crippen LogP contribution in [0.4, 0.5) is 0 Å². The first-order valence-corrected chi connectivity index (χ1v) is 25.8. The van der Waals surface area contributed by atoms with Gasteiger partial charge in [0.1, 0.15) is 13.2 Å². The minimum absolute atomic E-state index is 0.0827. The number of ether oxygens (including phenoxy) is 3. The van der Waals surface area contributed by atoms with E-state index in [4.69, 9.17) is 14.2 Å². The summed E-state index contributed by atoms with van der Waals surface area (Å²) in [6.45, 7) is 6.49. The first-order valence-electron chi connectivity index (χ1n) is 25.8. The van der Waals surface area contributed by atoms with E-state index < -0.39 is 6.10 Å². The minimum atomic E-state index is -0.784. The fraction of sp³-hybridized carbons (Fsp3) is 0.764. The molecule has 0 heterocycles. The van der Waals surface area contributed by atoms with Crippen molar-refractivity contribution in [3.63, 3.8) is 0 Å². The van der Waals surface area contributed by atoms with E-state index in [1.54, 1.807) is 0 Å². The fourth-order valence-electron chi connectivity index (χ4n) is 7.19. The van der Waals surface area contributed by atoms with Crippen LogP contribution in [-0.2, 0) is 28.6 Å². The highest BCUT2D eigenvalue weighted by atomic mass is 16.6. The third kappa shape index (κ3) is 48.0. The molecule has 0 aliphatic rings. The Kier molecular flexibility index (Phi) is 47.4. The van der Waals surface area contributed by atoms with Gasteiger partial charge in [0.25, 0.3) is 0 Å². The molecule has 352 valence electrons. The van der Waals surface area contributed by atoms with E-state index >= 15 is 0 Å². The van der Waals surface area contributed by atoms with E-state index in [2.05, 4.69) is 81.5 Å².